The van der Waals surface area contributed by atoms with Crippen molar-refractivity contribution in [2.75, 3.05) is 25.6 Å². The minimum atomic E-state index is -1.01. The van der Waals surface area contributed by atoms with Crippen molar-refractivity contribution in [1.29, 1.82) is 0 Å². The number of carboxylic acid groups (broad SMARTS) is 1. The monoisotopic (exact) mass is 373 g/mol. The number of hydrogen-bond acceptors (Lipinski definition) is 7. The lowest BCUT2D eigenvalue weighted by Crippen LogP contribution is -2.12. The van der Waals surface area contributed by atoms with Gasteiger partial charge in [0, 0.05) is 19.4 Å². The highest BCUT2D eigenvalue weighted by atomic mass is 32.1. The lowest BCUT2D eigenvalue weighted by atomic mass is 10.2. The van der Waals surface area contributed by atoms with E-state index in [1.807, 2.05) is 0 Å². The van der Waals surface area contributed by atoms with Crippen molar-refractivity contribution in [1.82, 2.24) is 9.97 Å². The topological polar surface area (TPSA) is 111 Å². The smallest absolute Gasteiger partial charge is 0.335 e. The summed E-state index contributed by atoms with van der Waals surface area (Å²) in [6, 6.07) is 7.81. The van der Waals surface area contributed by atoms with Crippen molar-refractivity contribution >= 4 is 38.6 Å². The van der Waals surface area contributed by atoms with Gasteiger partial charge in [-0.25, -0.2) is 14.8 Å². The van der Waals surface area contributed by atoms with Gasteiger partial charge in [-0.3, -0.25) is 10.1 Å². The summed E-state index contributed by atoms with van der Waals surface area (Å²) in [7, 11) is 1.58. The van der Waals surface area contributed by atoms with Crippen molar-refractivity contribution in [2.45, 2.75) is 0 Å². The van der Waals surface area contributed by atoms with Gasteiger partial charge in [-0.2, -0.15) is 0 Å². The third-order valence-electron chi connectivity index (χ3n) is 3.39. The van der Waals surface area contributed by atoms with Crippen LogP contribution in [0.2, 0.25) is 0 Å². The fraction of sp³-hybridized carbons (Fsp3) is 0.176. The molecule has 1 amide bonds. The predicted octanol–water partition coefficient (Wildman–Crippen LogP) is 2.67. The highest BCUT2D eigenvalue weighted by molar-refractivity contribution is 7.22. The van der Waals surface area contributed by atoms with Crippen molar-refractivity contribution in [2.24, 2.45) is 0 Å². The third kappa shape index (κ3) is 4.13. The maximum Gasteiger partial charge on any atom is 0.335 e. The van der Waals surface area contributed by atoms with Crippen LogP contribution >= 0.6 is 11.3 Å². The first-order valence-corrected chi connectivity index (χ1v) is 8.41. The van der Waals surface area contributed by atoms with E-state index in [0.717, 1.165) is 0 Å². The Labute approximate surface area is 152 Å². The molecule has 0 aliphatic carbocycles. The molecule has 0 fully saturated rings. The van der Waals surface area contributed by atoms with E-state index in [2.05, 4.69) is 15.3 Å². The quantitative estimate of drug-likeness (QED) is 0.613. The second-order valence-electron chi connectivity index (χ2n) is 5.19. The maximum atomic E-state index is 12.3. The molecule has 0 bridgehead atoms. The van der Waals surface area contributed by atoms with Gasteiger partial charge in [-0.1, -0.05) is 11.3 Å². The van der Waals surface area contributed by atoms with Gasteiger partial charge >= 0.3 is 5.97 Å². The molecular weight excluding hydrogens is 358 g/mol. The summed E-state index contributed by atoms with van der Waals surface area (Å²) in [5, 5.41) is 12.1. The minimum Gasteiger partial charge on any atom is -0.478 e. The number of nitrogens with one attached hydrogen (secondary N) is 1. The average Bonchev–Trinajstić information content (AvgIpc) is 3.03. The Morgan fingerprint density at radius 1 is 1.19 bits per heavy atom. The summed E-state index contributed by atoms with van der Waals surface area (Å²) in [4.78, 5) is 31.7. The average molecular weight is 373 g/mol. The normalized spacial score (nSPS) is 10.7. The van der Waals surface area contributed by atoms with Gasteiger partial charge in [0.05, 0.1) is 28.0 Å². The Bertz CT molecular complexity index is 939. The second kappa shape index (κ2) is 7.89. The van der Waals surface area contributed by atoms with Crippen LogP contribution in [0.3, 0.4) is 0 Å². The Morgan fingerprint density at radius 3 is 2.69 bits per heavy atom. The number of pyridine rings is 1. The summed E-state index contributed by atoms with van der Waals surface area (Å²) < 4.78 is 10.9. The summed E-state index contributed by atoms with van der Waals surface area (Å²) in [6.07, 6.45) is 1.41. The van der Waals surface area contributed by atoms with Crippen LogP contribution in [0.25, 0.3) is 10.2 Å². The number of amides is 1. The van der Waals surface area contributed by atoms with Crippen molar-refractivity contribution in [3.05, 3.63) is 47.7 Å². The highest BCUT2D eigenvalue weighted by Crippen LogP contribution is 2.27. The predicted molar refractivity (Wildman–Crippen MR) is 96.1 cm³/mol. The zero-order chi connectivity index (χ0) is 18.5. The fourth-order valence-electron chi connectivity index (χ4n) is 2.11. The lowest BCUT2D eigenvalue weighted by Gasteiger charge is -2.05. The largest absolute Gasteiger partial charge is 0.478 e. The first kappa shape index (κ1) is 17.8. The number of thiazole rings is 1. The number of methoxy groups -OCH3 is 1. The van der Waals surface area contributed by atoms with E-state index in [1.165, 1.54) is 29.7 Å². The van der Waals surface area contributed by atoms with E-state index in [4.69, 9.17) is 14.6 Å². The van der Waals surface area contributed by atoms with Crippen LogP contribution in [0.15, 0.2) is 36.5 Å². The van der Waals surface area contributed by atoms with Gasteiger partial charge in [0.1, 0.15) is 6.61 Å². The molecule has 3 rings (SSSR count). The van der Waals surface area contributed by atoms with Crippen LogP contribution in [0.1, 0.15) is 20.7 Å². The van der Waals surface area contributed by atoms with Crippen LogP contribution in [0.4, 0.5) is 5.13 Å². The van der Waals surface area contributed by atoms with Crippen molar-refractivity contribution < 1.29 is 24.2 Å². The Hall–Kier alpha value is -3.04. The Kier molecular flexibility index (Phi) is 5.40. The molecule has 0 atom stereocenters. The van der Waals surface area contributed by atoms with Crippen LogP contribution in [-0.4, -0.2) is 47.3 Å². The molecule has 2 heterocycles. The van der Waals surface area contributed by atoms with Gasteiger partial charge in [0.2, 0.25) is 5.88 Å². The summed E-state index contributed by atoms with van der Waals surface area (Å²) >= 11 is 1.20. The number of anilines is 1. The Balaban J connectivity index is 1.69. The molecule has 0 aliphatic heterocycles. The number of carbonyl (C=O) groups excluding carboxylic acids is 1. The number of ether oxygens (including phenoxy) is 2. The lowest BCUT2D eigenvalue weighted by molar-refractivity contribution is 0.0697. The van der Waals surface area contributed by atoms with Crippen LogP contribution in [0.5, 0.6) is 5.88 Å². The van der Waals surface area contributed by atoms with Gasteiger partial charge in [-0.15, -0.1) is 0 Å². The molecule has 0 radical (unpaired) electrons. The number of aromatic carboxylic acids is 1. The summed E-state index contributed by atoms with van der Waals surface area (Å²) in [6.45, 7) is 0.824. The molecule has 134 valence electrons. The molecule has 2 aromatic heterocycles. The molecule has 0 unspecified atom stereocenters. The number of carboxylic acids is 1. The summed E-state index contributed by atoms with van der Waals surface area (Å²) in [5.74, 6) is -0.969. The van der Waals surface area contributed by atoms with Gasteiger partial charge < -0.3 is 14.6 Å². The second-order valence-corrected chi connectivity index (χ2v) is 6.22. The van der Waals surface area contributed by atoms with E-state index < -0.39 is 5.97 Å². The first-order chi connectivity index (χ1) is 12.6. The molecule has 3 aromatic rings. The number of aromatic nitrogens is 2. The zero-order valence-electron chi connectivity index (χ0n) is 13.8. The maximum absolute atomic E-state index is 12.3. The third-order valence-corrected chi connectivity index (χ3v) is 4.33. The van der Waals surface area contributed by atoms with Crippen molar-refractivity contribution in [3.63, 3.8) is 0 Å². The van der Waals surface area contributed by atoms with Crippen LogP contribution in [-0.2, 0) is 4.74 Å². The number of rotatable bonds is 7. The first-order valence-electron chi connectivity index (χ1n) is 7.60. The SMILES string of the molecule is COCCOc1ccc(C(=O)Nc2nc3ccc(C(=O)O)cc3s2)cn1. The van der Waals surface area contributed by atoms with Gasteiger partial charge in [-0.05, 0) is 24.3 Å². The standard InChI is InChI=1S/C17H15N3O5S/c1-24-6-7-25-14-5-3-11(9-18-14)15(21)20-17-19-12-4-2-10(16(22)23)8-13(12)26-17/h2-5,8-9H,6-7H2,1H3,(H,22,23)(H,19,20,21). The van der Waals surface area contributed by atoms with E-state index in [9.17, 15) is 9.59 Å². The number of hydrogen-bond donors (Lipinski definition) is 2. The molecule has 2 N–H and O–H groups in total. The molecule has 0 aliphatic rings. The molecule has 0 spiro atoms. The molecule has 8 nitrogen and oxygen atoms in total. The van der Waals surface area contributed by atoms with E-state index >= 15 is 0 Å². The fourth-order valence-corrected chi connectivity index (χ4v) is 3.01. The molecule has 1 aromatic carbocycles. The van der Waals surface area contributed by atoms with Gasteiger partial charge in [0.25, 0.3) is 5.91 Å². The van der Waals surface area contributed by atoms with Crippen LogP contribution < -0.4 is 10.1 Å². The van der Waals surface area contributed by atoms with E-state index in [0.29, 0.717) is 40.0 Å². The Morgan fingerprint density at radius 2 is 2.00 bits per heavy atom. The molecule has 0 saturated heterocycles. The number of nitrogens with zero attached hydrogens (tertiary/aromatic N) is 2. The van der Waals surface area contributed by atoms with E-state index in [1.54, 1.807) is 25.3 Å². The number of benzene rings is 1. The number of fused-ring (bicyclic) bond motifs is 1. The number of carbonyl (C=O) groups is 2. The minimum absolute atomic E-state index is 0.173. The summed E-state index contributed by atoms with van der Waals surface area (Å²) in [5.41, 5.74) is 1.15. The molecule has 0 saturated carbocycles. The van der Waals surface area contributed by atoms with E-state index in [-0.39, 0.29) is 11.5 Å². The van der Waals surface area contributed by atoms with Crippen molar-refractivity contribution in [3.8, 4) is 5.88 Å². The molecule has 9 heteroatoms. The highest BCUT2D eigenvalue weighted by Gasteiger charge is 2.12. The molecular formula is C17H15N3O5S. The van der Waals surface area contributed by atoms with Crippen LogP contribution in [0, 0.1) is 0 Å². The van der Waals surface area contributed by atoms with Gasteiger partial charge in [0.15, 0.2) is 5.13 Å². The zero-order valence-corrected chi connectivity index (χ0v) is 14.6. The molecule has 26 heavy (non-hydrogen) atoms.